The Kier molecular flexibility index (Phi) is 4.48. The second-order valence-corrected chi connectivity index (χ2v) is 5.91. The van der Waals surface area contributed by atoms with Crippen LogP contribution in [0.5, 0.6) is 11.5 Å². The van der Waals surface area contributed by atoms with Crippen molar-refractivity contribution in [1.82, 2.24) is 4.98 Å². The van der Waals surface area contributed by atoms with Crippen molar-refractivity contribution in [3.8, 4) is 22.8 Å². The van der Waals surface area contributed by atoms with E-state index in [1.54, 1.807) is 25.6 Å². The van der Waals surface area contributed by atoms with E-state index < -0.39 is 0 Å². The lowest BCUT2D eigenvalue weighted by Crippen LogP contribution is -1.94. The minimum atomic E-state index is 0.796. The van der Waals surface area contributed by atoms with Gasteiger partial charge in [0.25, 0.3) is 0 Å². The van der Waals surface area contributed by atoms with Crippen molar-refractivity contribution in [3.05, 3.63) is 53.4 Å². The van der Waals surface area contributed by atoms with Gasteiger partial charge in [0.2, 0.25) is 0 Å². The molecule has 3 aromatic rings. The average Bonchev–Trinajstić information content (AvgIpc) is 3.04. The Morgan fingerprint density at radius 1 is 1.00 bits per heavy atom. The number of hydrogen-bond donors (Lipinski definition) is 1. The molecule has 0 saturated heterocycles. The predicted molar refractivity (Wildman–Crippen MR) is 95.1 cm³/mol. The highest BCUT2D eigenvalue weighted by Crippen LogP contribution is 2.32. The molecule has 0 unspecified atom stereocenters. The van der Waals surface area contributed by atoms with Gasteiger partial charge in [-0.1, -0.05) is 12.1 Å². The fourth-order valence-electron chi connectivity index (χ4n) is 2.36. The molecular formula is C18H18N2O2S. The maximum Gasteiger partial charge on any atom is 0.187 e. The van der Waals surface area contributed by atoms with Gasteiger partial charge in [0.05, 0.1) is 25.6 Å². The highest BCUT2D eigenvalue weighted by atomic mass is 32.1. The first kappa shape index (κ1) is 15.4. The Morgan fingerprint density at radius 3 is 2.52 bits per heavy atom. The number of thiazole rings is 1. The zero-order chi connectivity index (χ0) is 16.2. The molecule has 0 atom stereocenters. The third-order valence-corrected chi connectivity index (χ3v) is 4.30. The molecule has 0 saturated carbocycles. The lowest BCUT2D eigenvalue weighted by molar-refractivity contribution is 0.412. The van der Waals surface area contributed by atoms with E-state index in [0.29, 0.717) is 0 Å². The first-order chi connectivity index (χ1) is 11.2. The molecule has 23 heavy (non-hydrogen) atoms. The number of rotatable bonds is 5. The second-order valence-electron chi connectivity index (χ2n) is 5.05. The van der Waals surface area contributed by atoms with Crippen LogP contribution in [0.2, 0.25) is 0 Å². The third-order valence-electron chi connectivity index (χ3n) is 3.54. The molecule has 1 aromatic heterocycles. The SMILES string of the molecule is COc1ccc(-c2csc(Nc3ccccc3OC)n2)cc1C. The van der Waals surface area contributed by atoms with E-state index in [4.69, 9.17) is 9.47 Å². The molecule has 118 valence electrons. The molecule has 0 fully saturated rings. The molecule has 0 spiro atoms. The normalized spacial score (nSPS) is 10.4. The molecule has 4 nitrogen and oxygen atoms in total. The van der Waals surface area contributed by atoms with Gasteiger partial charge in [0.1, 0.15) is 11.5 Å². The van der Waals surface area contributed by atoms with Crippen LogP contribution in [0.4, 0.5) is 10.8 Å². The Hall–Kier alpha value is -2.53. The first-order valence-corrected chi connectivity index (χ1v) is 8.10. The minimum absolute atomic E-state index is 0.796. The summed E-state index contributed by atoms with van der Waals surface area (Å²) in [6.07, 6.45) is 0. The molecule has 3 rings (SSSR count). The summed E-state index contributed by atoms with van der Waals surface area (Å²) in [5.74, 6) is 1.68. The van der Waals surface area contributed by atoms with Gasteiger partial charge in [-0.05, 0) is 42.8 Å². The van der Waals surface area contributed by atoms with E-state index in [-0.39, 0.29) is 0 Å². The number of nitrogens with zero attached hydrogens (tertiary/aromatic N) is 1. The van der Waals surface area contributed by atoms with Gasteiger partial charge < -0.3 is 14.8 Å². The molecule has 0 radical (unpaired) electrons. The van der Waals surface area contributed by atoms with Crippen LogP contribution in [-0.2, 0) is 0 Å². The summed E-state index contributed by atoms with van der Waals surface area (Å²) in [6, 6.07) is 13.9. The number of anilines is 2. The molecule has 0 aliphatic heterocycles. The van der Waals surface area contributed by atoms with Gasteiger partial charge in [-0.15, -0.1) is 11.3 Å². The van der Waals surface area contributed by atoms with E-state index in [0.717, 1.165) is 39.1 Å². The number of aromatic nitrogens is 1. The van der Waals surface area contributed by atoms with E-state index in [1.807, 2.05) is 48.7 Å². The first-order valence-electron chi connectivity index (χ1n) is 7.22. The summed E-state index contributed by atoms with van der Waals surface area (Å²) in [4.78, 5) is 4.66. The second kappa shape index (κ2) is 6.71. The van der Waals surface area contributed by atoms with Gasteiger partial charge in [0.15, 0.2) is 5.13 Å². The van der Waals surface area contributed by atoms with Crippen molar-refractivity contribution in [2.24, 2.45) is 0 Å². The van der Waals surface area contributed by atoms with E-state index in [2.05, 4.69) is 16.4 Å². The Morgan fingerprint density at radius 2 is 1.78 bits per heavy atom. The van der Waals surface area contributed by atoms with Crippen molar-refractivity contribution < 1.29 is 9.47 Å². The molecule has 0 amide bonds. The van der Waals surface area contributed by atoms with Gasteiger partial charge in [0, 0.05) is 10.9 Å². The fraction of sp³-hybridized carbons (Fsp3) is 0.167. The highest BCUT2D eigenvalue weighted by Gasteiger charge is 2.09. The van der Waals surface area contributed by atoms with Crippen LogP contribution in [0.3, 0.4) is 0 Å². The molecule has 1 N–H and O–H groups in total. The van der Waals surface area contributed by atoms with Crippen LogP contribution in [0.25, 0.3) is 11.3 Å². The lowest BCUT2D eigenvalue weighted by atomic mass is 10.1. The van der Waals surface area contributed by atoms with Crippen molar-refractivity contribution in [2.45, 2.75) is 6.92 Å². The van der Waals surface area contributed by atoms with Crippen LogP contribution >= 0.6 is 11.3 Å². The van der Waals surface area contributed by atoms with Crippen LogP contribution in [0.15, 0.2) is 47.8 Å². The fourth-order valence-corrected chi connectivity index (χ4v) is 3.10. The summed E-state index contributed by atoms with van der Waals surface area (Å²) in [6.45, 7) is 2.03. The zero-order valence-corrected chi connectivity index (χ0v) is 14.1. The maximum atomic E-state index is 5.35. The van der Waals surface area contributed by atoms with E-state index in [1.165, 1.54) is 0 Å². The van der Waals surface area contributed by atoms with Crippen LogP contribution in [0.1, 0.15) is 5.56 Å². The van der Waals surface area contributed by atoms with Gasteiger partial charge in [-0.25, -0.2) is 4.98 Å². The third kappa shape index (κ3) is 3.29. The molecule has 0 bridgehead atoms. The van der Waals surface area contributed by atoms with Gasteiger partial charge in [-0.2, -0.15) is 0 Å². The molecule has 0 aliphatic carbocycles. The number of nitrogens with one attached hydrogen (secondary N) is 1. The van der Waals surface area contributed by atoms with Crippen LogP contribution in [-0.4, -0.2) is 19.2 Å². The number of ether oxygens (including phenoxy) is 2. The number of methoxy groups -OCH3 is 2. The molecule has 0 aliphatic rings. The van der Waals surface area contributed by atoms with Crippen molar-refractivity contribution in [3.63, 3.8) is 0 Å². The Labute approximate surface area is 139 Å². The highest BCUT2D eigenvalue weighted by molar-refractivity contribution is 7.14. The lowest BCUT2D eigenvalue weighted by Gasteiger charge is -2.08. The largest absolute Gasteiger partial charge is 0.496 e. The van der Waals surface area contributed by atoms with Gasteiger partial charge in [-0.3, -0.25) is 0 Å². The zero-order valence-electron chi connectivity index (χ0n) is 13.3. The number of hydrogen-bond acceptors (Lipinski definition) is 5. The number of aryl methyl sites for hydroxylation is 1. The van der Waals surface area contributed by atoms with Crippen molar-refractivity contribution in [2.75, 3.05) is 19.5 Å². The number of para-hydroxylation sites is 2. The Bertz CT molecular complexity index is 814. The average molecular weight is 326 g/mol. The van der Waals surface area contributed by atoms with Crippen molar-refractivity contribution in [1.29, 1.82) is 0 Å². The summed E-state index contributed by atoms with van der Waals surface area (Å²) >= 11 is 1.57. The monoisotopic (exact) mass is 326 g/mol. The molecular weight excluding hydrogens is 308 g/mol. The summed E-state index contributed by atoms with van der Waals surface area (Å²) in [7, 11) is 3.34. The summed E-state index contributed by atoms with van der Waals surface area (Å²) in [5.41, 5.74) is 4.02. The van der Waals surface area contributed by atoms with Crippen LogP contribution < -0.4 is 14.8 Å². The number of benzene rings is 2. The predicted octanol–water partition coefficient (Wildman–Crippen LogP) is 4.88. The molecule has 5 heteroatoms. The Balaban J connectivity index is 1.84. The standard InChI is InChI=1S/C18H18N2O2S/c1-12-10-13(8-9-16(12)21-2)15-11-23-18(20-15)19-14-6-4-5-7-17(14)22-3/h4-11H,1-3H3,(H,19,20). The van der Waals surface area contributed by atoms with Crippen LogP contribution in [0, 0.1) is 6.92 Å². The quantitative estimate of drug-likeness (QED) is 0.726. The molecule has 1 heterocycles. The smallest absolute Gasteiger partial charge is 0.187 e. The van der Waals surface area contributed by atoms with Gasteiger partial charge >= 0.3 is 0 Å². The van der Waals surface area contributed by atoms with E-state index in [9.17, 15) is 0 Å². The summed E-state index contributed by atoms with van der Waals surface area (Å²) < 4.78 is 10.7. The topological polar surface area (TPSA) is 43.4 Å². The maximum absolute atomic E-state index is 5.35. The van der Waals surface area contributed by atoms with E-state index >= 15 is 0 Å². The van der Waals surface area contributed by atoms with Crippen molar-refractivity contribution >= 4 is 22.2 Å². The summed E-state index contributed by atoms with van der Waals surface area (Å²) in [5, 5.41) is 6.18. The minimum Gasteiger partial charge on any atom is -0.496 e. The molecule has 2 aromatic carbocycles.